The van der Waals surface area contributed by atoms with E-state index in [2.05, 4.69) is 11.1 Å². The van der Waals surface area contributed by atoms with Crippen molar-refractivity contribution in [2.24, 2.45) is 0 Å². The van der Waals surface area contributed by atoms with Gasteiger partial charge in [0.1, 0.15) is 23.8 Å². The molecule has 0 saturated heterocycles. The molecule has 1 aliphatic heterocycles. The summed E-state index contributed by atoms with van der Waals surface area (Å²) in [5, 5.41) is 0.953. The molecule has 4 aromatic rings. The van der Waals surface area contributed by atoms with Crippen LogP contribution in [-0.2, 0) is 17.8 Å². The van der Waals surface area contributed by atoms with Gasteiger partial charge in [0.05, 0.1) is 18.7 Å². The molecule has 1 aliphatic rings. The minimum absolute atomic E-state index is 0.317. The van der Waals surface area contributed by atoms with Crippen molar-refractivity contribution >= 4 is 16.9 Å². The number of benzene rings is 3. The average Bonchev–Trinajstić information content (AvgIpc) is 3.42. The summed E-state index contributed by atoms with van der Waals surface area (Å²) in [5.74, 6) is 1.29. The highest BCUT2D eigenvalue weighted by atomic mass is 16.5. The molecule has 0 fully saturated rings. The number of aromatic nitrogens is 1. The van der Waals surface area contributed by atoms with Crippen molar-refractivity contribution in [1.29, 1.82) is 0 Å². The number of ether oxygens (including phenoxy) is 3. The maximum atomic E-state index is 12.7. The third kappa shape index (κ3) is 3.75. The number of nitrogens with one attached hydrogen (secondary N) is 1. The number of aromatic amines is 1. The van der Waals surface area contributed by atoms with Gasteiger partial charge in [-0.15, -0.1) is 0 Å². The maximum Gasteiger partial charge on any atom is 0.355 e. The van der Waals surface area contributed by atoms with Crippen LogP contribution >= 0.6 is 0 Å². The number of hydrogen-bond donors (Lipinski definition) is 1. The number of hydrogen-bond acceptors (Lipinski definition) is 4. The van der Waals surface area contributed by atoms with Gasteiger partial charge in [-0.1, -0.05) is 36.4 Å². The SMILES string of the molecule is CCOC(=O)c1[nH]c2cc(OCc3ccccc3)ccc2c1-c1ccc2c(c1)CCO2. The molecule has 5 heteroatoms. The van der Waals surface area contributed by atoms with Gasteiger partial charge in [0.2, 0.25) is 0 Å². The van der Waals surface area contributed by atoms with E-state index in [1.807, 2.05) is 67.6 Å². The molecular formula is C26H23NO4. The summed E-state index contributed by atoms with van der Waals surface area (Å²) in [6.07, 6.45) is 0.873. The molecule has 0 radical (unpaired) electrons. The fourth-order valence-electron chi connectivity index (χ4n) is 4.01. The van der Waals surface area contributed by atoms with E-state index in [0.29, 0.717) is 25.5 Å². The van der Waals surface area contributed by atoms with Gasteiger partial charge >= 0.3 is 5.97 Å². The molecule has 2 heterocycles. The van der Waals surface area contributed by atoms with E-state index in [0.717, 1.165) is 51.1 Å². The summed E-state index contributed by atoms with van der Waals surface area (Å²) in [6.45, 7) is 3.30. The summed E-state index contributed by atoms with van der Waals surface area (Å²) in [7, 11) is 0. The van der Waals surface area contributed by atoms with Crippen molar-refractivity contribution in [2.45, 2.75) is 20.0 Å². The van der Waals surface area contributed by atoms with Crippen LogP contribution in [0.1, 0.15) is 28.5 Å². The Morgan fingerprint density at radius 3 is 2.77 bits per heavy atom. The molecule has 31 heavy (non-hydrogen) atoms. The number of esters is 1. The zero-order chi connectivity index (χ0) is 21.2. The van der Waals surface area contributed by atoms with Gasteiger partial charge in [0.25, 0.3) is 0 Å². The van der Waals surface area contributed by atoms with Crippen LogP contribution in [0.25, 0.3) is 22.0 Å². The molecule has 0 aliphatic carbocycles. The minimum atomic E-state index is -0.364. The minimum Gasteiger partial charge on any atom is -0.493 e. The third-order valence-corrected chi connectivity index (χ3v) is 5.48. The molecule has 0 spiro atoms. The van der Waals surface area contributed by atoms with E-state index in [1.165, 1.54) is 0 Å². The second kappa shape index (κ2) is 8.19. The lowest BCUT2D eigenvalue weighted by molar-refractivity contribution is 0.0521. The Balaban J connectivity index is 1.54. The lowest BCUT2D eigenvalue weighted by atomic mass is 9.99. The standard InChI is InChI=1S/C26H23NO4/c1-2-29-26(28)25-24(19-8-11-23-18(14-19)12-13-30-23)21-10-9-20(15-22(21)27-25)31-16-17-6-4-3-5-7-17/h3-11,14-15,27H,2,12-13,16H2,1H3. The maximum absolute atomic E-state index is 12.7. The second-order valence-corrected chi connectivity index (χ2v) is 7.50. The van der Waals surface area contributed by atoms with Crippen LogP contribution < -0.4 is 9.47 Å². The quantitative estimate of drug-likeness (QED) is 0.423. The van der Waals surface area contributed by atoms with Gasteiger partial charge in [-0.2, -0.15) is 0 Å². The van der Waals surface area contributed by atoms with Gasteiger partial charge in [-0.05, 0) is 47.9 Å². The highest BCUT2D eigenvalue weighted by molar-refractivity contribution is 6.08. The van der Waals surface area contributed by atoms with Crippen LogP contribution in [-0.4, -0.2) is 24.2 Å². The predicted molar refractivity (Wildman–Crippen MR) is 120 cm³/mol. The molecule has 1 aromatic heterocycles. The molecule has 1 N–H and O–H groups in total. The number of H-pyrrole nitrogens is 1. The van der Waals surface area contributed by atoms with Gasteiger partial charge in [-0.3, -0.25) is 0 Å². The molecule has 156 valence electrons. The van der Waals surface area contributed by atoms with Crippen molar-refractivity contribution in [3.05, 3.63) is 83.6 Å². The first-order valence-corrected chi connectivity index (χ1v) is 10.5. The summed E-state index contributed by atoms with van der Waals surface area (Å²) in [6, 6.07) is 22.0. The van der Waals surface area contributed by atoms with Crippen LogP contribution in [0.2, 0.25) is 0 Å². The van der Waals surface area contributed by atoms with Crippen LogP contribution in [0.4, 0.5) is 0 Å². The summed E-state index contributed by atoms with van der Waals surface area (Å²) >= 11 is 0. The lowest BCUT2D eigenvalue weighted by Gasteiger charge is -2.08. The fraction of sp³-hybridized carbons (Fsp3) is 0.192. The Bertz CT molecular complexity index is 1240. The number of carbonyl (C=O) groups excluding carboxylic acids is 1. The van der Waals surface area contributed by atoms with Crippen molar-refractivity contribution in [1.82, 2.24) is 4.98 Å². The molecule has 0 unspecified atom stereocenters. The highest BCUT2D eigenvalue weighted by Crippen LogP contribution is 2.38. The monoisotopic (exact) mass is 413 g/mol. The smallest absolute Gasteiger partial charge is 0.355 e. The molecule has 0 amide bonds. The van der Waals surface area contributed by atoms with Crippen molar-refractivity contribution < 1.29 is 19.0 Å². The zero-order valence-corrected chi connectivity index (χ0v) is 17.3. The Morgan fingerprint density at radius 1 is 1.06 bits per heavy atom. The molecule has 5 rings (SSSR count). The topological polar surface area (TPSA) is 60.6 Å². The first-order valence-electron chi connectivity index (χ1n) is 10.5. The fourth-order valence-corrected chi connectivity index (χ4v) is 4.01. The van der Waals surface area contributed by atoms with Gasteiger partial charge in [0, 0.05) is 23.4 Å². The van der Waals surface area contributed by atoms with Gasteiger partial charge < -0.3 is 19.2 Å². The van der Waals surface area contributed by atoms with Gasteiger partial charge in [0.15, 0.2) is 0 Å². The molecule has 0 bridgehead atoms. The van der Waals surface area contributed by atoms with E-state index < -0.39 is 0 Å². The first-order chi connectivity index (χ1) is 15.2. The van der Waals surface area contributed by atoms with Crippen LogP contribution in [0.3, 0.4) is 0 Å². The predicted octanol–water partition coefficient (Wildman–Crippen LogP) is 5.53. The third-order valence-electron chi connectivity index (χ3n) is 5.48. The Hall–Kier alpha value is -3.73. The summed E-state index contributed by atoms with van der Waals surface area (Å²) < 4.78 is 16.9. The Labute approximate surface area is 180 Å². The van der Waals surface area contributed by atoms with Crippen LogP contribution in [0.5, 0.6) is 11.5 Å². The van der Waals surface area contributed by atoms with E-state index in [9.17, 15) is 4.79 Å². The number of carbonyl (C=O) groups is 1. The zero-order valence-electron chi connectivity index (χ0n) is 17.3. The van der Waals surface area contributed by atoms with E-state index in [4.69, 9.17) is 14.2 Å². The van der Waals surface area contributed by atoms with Crippen molar-refractivity contribution in [3.63, 3.8) is 0 Å². The second-order valence-electron chi connectivity index (χ2n) is 7.50. The largest absolute Gasteiger partial charge is 0.493 e. The molecular weight excluding hydrogens is 390 g/mol. The Kier molecular flexibility index (Phi) is 5.08. The van der Waals surface area contributed by atoms with Crippen molar-refractivity contribution in [3.8, 4) is 22.6 Å². The van der Waals surface area contributed by atoms with Crippen LogP contribution in [0, 0.1) is 0 Å². The van der Waals surface area contributed by atoms with Crippen LogP contribution in [0.15, 0.2) is 66.7 Å². The highest BCUT2D eigenvalue weighted by Gasteiger charge is 2.22. The number of fused-ring (bicyclic) bond motifs is 2. The van der Waals surface area contributed by atoms with E-state index in [1.54, 1.807) is 0 Å². The molecule has 0 saturated carbocycles. The first kappa shape index (κ1) is 19.2. The molecule has 3 aromatic carbocycles. The average molecular weight is 413 g/mol. The number of rotatable bonds is 6. The molecule has 0 atom stereocenters. The van der Waals surface area contributed by atoms with E-state index in [-0.39, 0.29) is 5.97 Å². The Morgan fingerprint density at radius 2 is 1.94 bits per heavy atom. The normalized spacial score (nSPS) is 12.4. The van der Waals surface area contributed by atoms with E-state index >= 15 is 0 Å². The van der Waals surface area contributed by atoms with Gasteiger partial charge in [-0.25, -0.2) is 4.79 Å². The summed E-state index contributed by atoms with van der Waals surface area (Å²) in [4.78, 5) is 16.0. The summed E-state index contributed by atoms with van der Waals surface area (Å²) in [5.41, 5.74) is 5.36. The molecule has 5 nitrogen and oxygen atoms in total. The lowest BCUT2D eigenvalue weighted by Crippen LogP contribution is -2.06. The van der Waals surface area contributed by atoms with Crippen molar-refractivity contribution in [2.75, 3.05) is 13.2 Å².